The predicted octanol–water partition coefficient (Wildman–Crippen LogP) is 2.27. The van der Waals surface area contributed by atoms with Gasteiger partial charge in [-0.25, -0.2) is 9.50 Å². The molecule has 0 bridgehead atoms. The second-order valence-electron chi connectivity index (χ2n) is 6.54. The molecule has 1 aromatic carbocycles. The number of esters is 1. The number of Topliss-reactive ketones (excluding diaryl/α,β-unsaturated/α-hetero) is 1. The molecule has 2 atom stereocenters. The average Bonchev–Trinajstić information content (AvgIpc) is 3.33. The van der Waals surface area contributed by atoms with Gasteiger partial charge in [0.15, 0.2) is 23.9 Å². The van der Waals surface area contributed by atoms with E-state index in [0.717, 1.165) is 11.4 Å². The van der Waals surface area contributed by atoms with Gasteiger partial charge in [-0.1, -0.05) is 30.3 Å². The van der Waals surface area contributed by atoms with Crippen LogP contribution in [0.4, 0.5) is 0 Å². The summed E-state index contributed by atoms with van der Waals surface area (Å²) in [6.45, 7) is 3.54. The van der Waals surface area contributed by atoms with E-state index < -0.39 is 0 Å². The van der Waals surface area contributed by atoms with Gasteiger partial charge in [0, 0.05) is 17.7 Å². The van der Waals surface area contributed by atoms with Crippen LogP contribution in [-0.2, 0) is 9.53 Å². The summed E-state index contributed by atoms with van der Waals surface area (Å²) >= 11 is 0. The van der Waals surface area contributed by atoms with Crippen LogP contribution in [0.2, 0.25) is 0 Å². The van der Waals surface area contributed by atoms with Crippen molar-refractivity contribution in [3.63, 3.8) is 0 Å². The Labute approximate surface area is 150 Å². The molecule has 1 aliphatic rings. The number of nitrogens with zero attached hydrogens (tertiary/aromatic N) is 4. The highest BCUT2D eigenvalue weighted by Crippen LogP contribution is 2.47. The van der Waals surface area contributed by atoms with E-state index in [2.05, 4.69) is 15.1 Å². The van der Waals surface area contributed by atoms with Crippen LogP contribution in [0, 0.1) is 19.8 Å². The van der Waals surface area contributed by atoms with Gasteiger partial charge in [-0.2, -0.15) is 5.10 Å². The Hall–Kier alpha value is -3.09. The fourth-order valence-electron chi connectivity index (χ4n) is 2.96. The molecule has 1 aliphatic carbocycles. The number of benzene rings is 1. The third-order valence-electron chi connectivity index (χ3n) is 4.59. The van der Waals surface area contributed by atoms with Crippen molar-refractivity contribution in [1.82, 2.24) is 19.6 Å². The molecule has 0 N–H and O–H groups in total. The number of hydrogen-bond acceptors (Lipinski definition) is 6. The largest absolute Gasteiger partial charge is 0.457 e. The van der Waals surface area contributed by atoms with E-state index in [4.69, 9.17) is 4.74 Å². The summed E-state index contributed by atoms with van der Waals surface area (Å²) in [4.78, 5) is 33.1. The molecule has 3 aromatic rings. The van der Waals surface area contributed by atoms with Crippen LogP contribution in [0.15, 0.2) is 36.5 Å². The van der Waals surface area contributed by atoms with Crippen molar-refractivity contribution < 1.29 is 14.3 Å². The van der Waals surface area contributed by atoms with Gasteiger partial charge < -0.3 is 4.74 Å². The van der Waals surface area contributed by atoms with Gasteiger partial charge in [0.05, 0.1) is 17.3 Å². The third-order valence-corrected chi connectivity index (χ3v) is 4.59. The number of carbonyl (C=O) groups is 2. The zero-order valence-electron chi connectivity index (χ0n) is 14.5. The van der Waals surface area contributed by atoms with Crippen molar-refractivity contribution in [2.45, 2.75) is 26.2 Å². The minimum atomic E-state index is -0.371. The lowest BCUT2D eigenvalue weighted by atomic mass is 10.1. The Morgan fingerprint density at radius 1 is 1.23 bits per heavy atom. The maximum absolute atomic E-state index is 12.2. The minimum absolute atomic E-state index is 0.0620. The van der Waals surface area contributed by atoms with Gasteiger partial charge in [-0.15, -0.1) is 0 Å². The SMILES string of the molecule is Cc1ncc(C)n2nc(C3CC3C(=O)OCC(=O)c3ccccc3)nc12. The van der Waals surface area contributed by atoms with Crippen LogP contribution in [0.25, 0.3) is 5.65 Å². The molecule has 1 saturated carbocycles. The van der Waals surface area contributed by atoms with Crippen LogP contribution in [0.5, 0.6) is 0 Å². The molecule has 7 nitrogen and oxygen atoms in total. The first kappa shape index (κ1) is 16.4. The maximum atomic E-state index is 12.2. The van der Waals surface area contributed by atoms with Crippen LogP contribution >= 0.6 is 0 Å². The fourth-order valence-corrected chi connectivity index (χ4v) is 2.96. The summed E-state index contributed by atoms with van der Waals surface area (Å²) in [5, 5.41) is 4.50. The second kappa shape index (κ2) is 6.33. The molecular weight excluding hydrogens is 332 g/mol. The number of carbonyl (C=O) groups excluding carboxylic acids is 2. The van der Waals surface area contributed by atoms with Crippen molar-refractivity contribution in [3.05, 3.63) is 59.3 Å². The van der Waals surface area contributed by atoms with E-state index in [0.29, 0.717) is 23.5 Å². The average molecular weight is 350 g/mol. The lowest BCUT2D eigenvalue weighted by Gasteiger charge is -2.03. The molecule has 2 unspecified atom stereocenters. The highest BCUT2D eigenvalue weighted by molar-refractivity contribution is 5.98. The second-order valence-corrected chi connectivity index (χ2v) is 6.54. The van der Waals surface area contributed by atoms with Gasteiger partial charge in [0.1, 0.15) is 0 Å². The summed E-state index contributed by atoms with van der Waals surface area (Å²) < 4.78 is 6.94. The highest BCUT2D eigenvalue weighted by atomic mass is 16.5. The van der Waals surface area contributed by atoms with Gasteiger partial charge >= 0.3 is 5.97 Å². The Balaban J connectivity index is 1.40. The molecule has 26 heavy (non-hydrogen) atoms. The number of aromatic nitrogens is 4. The zero-order chi connectivity index (χ0) is 18.3. The van der Waals surface area contributed by atoms with E-state index in [1.165, 1.54) is 0 Å². The topological polar surface area (TPSA) is 86.5 Å². The zero-order valence-corrected chi connectivity index (χ0v) is 14.5. The van der Waals surface area contributed by atoms with E-state index in [9.17, 15) is 9.59 Å². The smallest absolute Gasteiger partial charge is 0.310 e. The number of aryl methyl sites for hydroxylation is 2. The maximum Gasteiger partial charge on any atom is 0.310 e. The molecule has 0 amide bonds. The Bertz CT molecular complexity index is 958. The van der Waals surface area contributed by atoms with E-state index >= 15 is 0 Å². The lowest BCUT2D eigenvalue weighted by molar-refractivity contribution is -0.144. The third kappa shape index (κ3) is 2.96. The molecule has 2 aromatic heterocycles. The molecule has 0 saturated heterocycles. The van der Waals surface area contributed by atoms with Gasteiger partial charge in [0.2, 0.25) is 0 Å². The van der Waals surface area contributed by atoms with E-state index in [-0.39, 0.29) is 30.2 Å². The monoisotopic (exact) mass is 350 g/mol. The first-order valence-electron chi connectivity index (χ1n) is 8.48. The van der Waals surface area contributed by atoms with Crippen molar-refractivity contribution in [3.8, 4) is 0 Å². The van der Waals surface area contributed by atoms with Crippen LogP contribution in [0.3, 0.4) is 0 Å². The molecular formula is C19H18N4O3. The Morgan fingerprint density at radius 3 is 2.73 bits per heavy atom. The summed E-state index contributed by atoms with van der Waals surface area (Å²) in [6, 6.07) is 8.79. The molecule has 0 aliphatic heterocycles. The van der Waals surface area contributed by atoms with Crippen molar-refractivity contribution in [1.29, 1.82) is 0 Å². The number of rotatable bonds is 5. The molecule has 0 spiro atoms. The Kier molecular flexibility index (Phi) is 3.99. The molecule has 4 rings (SSSR count). The molecule has 7 heteroatoms. The quantitative estimate of drug-likeness (QED) is 0.518. The first-order valence-corrected chi connectivity index (χ1v) is 8.48. The summed E-state index contributed by atoms with van der Waals surface area (Å²) in [5.41, 5.74) is 2.92. The van der Waals surface area contributed by atoms with Gasteiger partial charge in [-0.3, -0.25) is 14.6 Å². The summed E-state index contributed by atoms with van der Waals surface area (Å²) in [5.74, 6) is -0.304. The van der Waals surface area contributed by atoms with Gasteiger partial charge in [-0.05, 0) is 20.3 Å². The molecule has 132 valence electrons. The number of ketones is 1. The highest BCUT2D eigenvalue weighted by Gasteiger charge is 2.48. The van der Waals surface area contributed by atoms with E-state index in [1.807, 2.05) is 19.9 Å². The first-order chi connectivity index (χ1) is 12.5. The number of hydrogen-bond donors (Lipinski definition) is 0. The normalized spacial score (nSPS) is 18.7. The molecule has 1 fully saturated rings. The van der Waals surface area contributed by atoms with Gasteiger partial charge in [0.25, 0.3) is 0 Å². The van der Waals surface area contributed by atoms with Crippen LogP contribution in [0.1, 0.15) is 39.9 Å². The minimum Gasteiger partial charge on any atom is -0.457 e. The Morgan fingerprint density at radius 2 is 2.00 bits per heavy atom. The summed E-state index contributed by atoms with van der Waals surface area (Å²) in [7, 11) is 0. The number of ether oxygens (including phenoxy) is 1. The predicted molar refractivity (Wildman–Crippen MR) is 92.8 cm³/mol. The van der Waals surface area contributed by atoms with Crippen molar-refractivity contribution in [2.24, 2.45) is 5.92 Å². The van der Waals surface area contributed by atoms with Crippen molar-refractivity contribution in [2.75, 3.05) is 6.61 Å². The molecule has 2 heterocycles. The van der Waals surface area contributed by atoms with E-state index in [1.54, 1.807) is 35.0 Å². The molecule has 0 radical (unpaired) electrons. The number of fused-ring (bicyclic) bond motifs is 1. The van der Waals surface area contributed by atoms with Crippen LogP contribution in [-0.4, -0.2) is 37.9 Å². The fraction of sp³-hybridized carbons (Fsp3) is 0.316. The summed E-state index contributed by atoms with van der Waals surface area (Å²) in [6.07, 6.45) is 2.38. The van der Waals surface area contributed by atoms with Crippen LogP contribution < -0.4 is 0 Å². The lowest BCUT2D eigenvalue weighted by Crippen LogP contribution is -2.15. The van der Waals surface area contributed by atoms with Crippen molar-refractivity contribution >= 4 is 17.4 Å². The standard InChI is InChI=1S/C19H18N4O3/c1-11-9-20-12(2)18-21-17(22-23(11)18)14-8-15(14)19(25)26-10-16(24)13-6-4-3-5-7-13/h3-7,9,14-15H,8,10H2,1-2H3.